The highest BCUT2D eigenvalue weighted by Gasteiger charge is 2.23. The first-order valence-electron chi connectivity index (χ1n) is 9.44. The molecule has 0 spiro atoms. The Morgan fingerprint density at radius 1 is 1.09 bits per heavy atom. The van der Waals surface area contributed by atoms with E-state index in [0.717, 1.165) is 26.3 Å². The molecule has 0 aliphatic carbocycles. The summed E-state index contributed by atoms with van der Waals surface area (Å²) in [7, 11) is 7.12. The van der Waals surface area contributed by atoms with Crippen LogP contribution in [0.5, 0.6) is 5.75 Å². The third-order valence-electron chi connectivity index (χ3n) is 3.82. The van der Waals surface area contributed by atoms with Gasteiger partial charge in [-0.1, -0.05) is 37.7 Å². The number of ether oxygens (including phenoxy) is 1. The van der Waals surface area contributed by atoms with Gasteiger partial charge < -0.3 is 9.64 Å². The van der Waals surface area contributed by atoms with Gasteiger partial charge in [-0.05, 0) is 23.6 Å². The summed E-state index contributed by atoms with van der Waals surface area (Å²) in [6.07, 6.45) is -1.63. The summed E-state index contributed by atoms with van der Waals surface area (Å²) in [5.74, 6) is 0.105. The fraction of sp³-hybridized carbons (Fsp3) is 0.400. The third-order valence-corrected chi connectivity index (χ3v) is 4.61. The van der Waals surface area contributed by atoms with Gasteiger partial charge in [0.15, 0.2) is 5.71 Å². The molecule has 0 atom stereocenters. The maximum absolute atomic E-state index is 12.3. The molecule has 32 heavy (non-hydrogen) atoms. The van der Waals surface area contributed by atoms with E-state index in [-0.39, 0.29) is 17.3 Å². The molecule has 0 aliphatic heterocycles. The van der Waals surface area contributed by atoms with Crippen LogP contribution in [0.25, 0.3) is 0 Å². The van der Waals surface area contributed by atoms with Gasteiger partial charge in [0.1, 0.15) is 5.75 Å². The minimum absolute atomic E-state index is 0.00127. The zero-order chi connectivity index (χ0) is 24.4. The molecule has 176 valence electrons. The van der Waals surface area contributed by atoms with E-state index in [2.05, 4.69) is 17.2 Å². The molecule has 1 rings (SSSR count). The summed E-state index contributed by atoms with van der Waals surface area (Å²) in [6.45, 7) is 7.67. The monoisotopic (exact) mass is 467 g/mol. The number of rotatable bonds is 9. The van der Waals surface area contributed by atoms with Gasteiger partial charge in [0.25, 0.3) is 5.91 Å². The van der Waals surface area contributed by atoms with Crippen molar-refractivity contribution in [3.05, 3.63) is 42.1 Å². The van der Waals surface area contributed by atoms with Crippen molar-refractivity contribution in [3.8, 4) is 5.75 Å². The smallest absolute Gasteiger partial charge is 0.410 e. The molecule has 0 radical (unpaired) electrons. The number of nitrogens with one attached hydrogen (secondary N) is 1. The molecule has 1 N–H and O–H groups in total. The topological polar surface area (TPSA) is 113 Å². The summed E-state index contributed by atoms with van der Waals surface area (Å²) in [5.41, 5.74) is 3.12. The quantitative estimate of drug-likeness (QED) is 0.255. The largest absolute Gasteiger partial charge is 0.447 e. The van der Waals surface area contributed by atoms with Crippen LogP contribution in [0.1, 0.15) is 25.3 Å². The number of hydrogen-bond donors (Lipinski definition) is 1. The highest BCUT2D eigenvalue weighted by molar-refractivity contribution is 7.95. The highest BCUT2D eigenvalue weighted by atomic mass is 32.2. The number of carbonyl (C=O) groups excluding carboxylic acids is 3. The van der Waals surface area contributed by atoms with E-state index in [1.54, 1.807) is 18.2 Å². The van der Waals surface area contributed by atoms with Crippen LogP contribution in [0.2, 0.25) is 0 Å². The molecule has 0 bridgehead atoms. The molecular formula is C20H29N5O6S. The van der Waals surface area contributed by atoms with Crippen molar-refractivity contribution in [2.24, 2.45) is 5.16 Å². The summed E-state index contributed by atoms with van der Waals surface area (Å²) in [6, 6.07) is 7.18. The Bertz CT molecular complexity index is 874. The molecule has 1 aromatic carbocycles. The molecule has 0 unspecified atom stereocenters. The van der Waals surface area contributed by atoms with Gasteiger partial charge in [-0.25, -0.2) is 18.2 Å². The van der Waals surface area contributed by atoms with Crippen molar-refractivity contribution < 1.29 is 28.8 Å². The van der Waals surface area contributed by atoms with Gasteiger partial charge in [0.05, 0.1) is 24.9 Å². The summed E-state index contributed by atoms with van der Waals surface area (Å²) < 4.78 is 7.44. The maximum Gasteiger partial charge on any atom is 0.447 e. The van der Waals surface area contributed by atoms with Crippen LogP contribution in [0.15, 0.2) is 41.7 Å². The molecule has 0 aromatic heterocycles. The van der Waals surface area contributed by atoms with Crippen LogP contribution < -0.4 is 10.2 Å². The normalized spacial score (nSPS) is 10.9. The predicted molar refractivity (Wildman–Crippen MR) is 122 cm³/mol. The Morgan fingerprint density at radius 2 is 1.72 bits per heavy atom. The van der Waals surface area contributed by atoms with Crippen molar-refractivity contribution in [3.63, 3.8) is 0 Å². The molecule has 12 heteroatoms. The molecule has 0 fully saturated rings. The lowest BCUT2D eigenvalue weighted by molar-refractivity contribution is -0.121. The Hall–Kier alpha value is -3.25. The average Bonchev–Trinajstić information content (AvgIpc) is 2.73. The van der Waals surface area contributed by atoms with Crippen molar-refractivity contribution in [2.75, 3.05) is 35.3 Å². The number of nitrogens with zero attached hydrogens (tertiary/aromatic N) is 4. The Labute approximate surface area is 192 Å². The number of carbonyl (C=O) groups is 3. The van der Waals surface area contributed by atoms with E-state index >= 15 is 0 Å². The third kappa shape index (κ3) is 8.12. The van der Waals surface area contributed by atoms with Crippen LogP contribution in [-0.4, -0.2) is 72.6 Å². The molecule has 11 nitrogen and oxygen atoms in total. The van der Waals surface area contributed by atoms with E-state index in [4.69, 9.17) is 14.4 Å². The number of hydroxylamine groups is 1. The fourth-order valence-corrected chi connectivity index (χ4v) is 2.67. The maximum atomic E-state index is 12.3. The zero-order valence-electron chi connectivity index (χ0n) is 19.2. The van der Waals surface area contributed by atoms with Crippen LogP contribution in [0.3, 0.4) is 0 Å². The van der Waals surface area contributed by atoms with Crippen molar-refractivity contribution >= 4 is 35.9 Å². The second-order valence-corrected chi connectivity index (χ2v) is 8.21. The molecule has 0 aliphatic rings. The van der Waals surface area contributed by atoms with E-state index in [9.17, 15) is 14.4 Å². The van der Waals surface area contributed by atoms with Crippen molar-refractivity contribution in [1.29, 1.82) is 0 Å². The Morgan fingerprint density at radius 3 is 2.28 bits per heavy atom. The van der Waals surface area contributed by atoms with Crippen molar-refractivity contribution in [2.45, 2.75) is 19.8 Å². The first kappa shape index (κ1) is 26.8. The zero-order valence-corrected chi connectivity index (χ0v) is 20.1. The van der Waals surface area contributed by atoms with Gasteiger partial charge in [-0.15, -0.1) is 0 Å². The summed E-state index contributed by atoms with van der Waals surface area (Å²) >= 11 is 0.721. The minimum Gasteiger partial charge on any atom is -0.410 e. The van der Waals surface area contributed by atoms with Gasteiger partial charge in [0, 0.05) is 28.2 Å². The molecule has 0 heterocycles. The average molecular weight is 468 g/mol. The number of benzene rings is 1. The second-order valence-electron chi connectivity index (χ2n) is 6.95. The first-order chi connectivity index (χ1) is 15.0. The van der Waals surface area contributed by atoms with Gasteiger partial charge in [-0.3, -0.25) is 19.9 Å². The van der Waals surface area contributed by atoms with E-state index < -0.39 is 18.1 Å². The number of amides is 3. The van der Waals surface area contributed by atoms with Crippen LogP contribution in [0.4, 0.5) is 9.59 Å². The molecule has 3 amide bonds. The first-order valence-corrected chi connectivity index (χ1v) is 10.2. The van der Waals surface area contributed by atoms with Crippen LogP contribution >= 0.6 is 12.1 Å². The van der Waals surface area contributed by atoms with E-state index in [0.29, 0.717) is 5.75 Å². The van der Waals surface area contributed by atoms with Gasteiger partial charge in [-0.2, -0.15) is 0 Å². The lowest BCUT2D eigenvalue weighted by atomic mass is 10.0. The fourth-order valence-electron chi connectivity index (χ4n) is 2.10. The summed E-state index contributed by atoms with van der Waals surface area (Å²) in [5, 5.41) is 3.57. The van der Waals surface area contributed by atoms with Crippen LogP contribution in [-0.2, 0) is 14.5 Å². The molecule has 0 saturated carbocycles. The van der Waals surface area contributed by atoms with Crippen molar-refractivity contribution in [1.82, 2.24) is 19.0 Å². The summed E-state index contributed by atoms with van der Waals surface area (Å²) in [4.78, 5) is 47.5. The predicted octanol–water partition coefficient (Wildman–Crippen LogP) is 2.98. The minimum atomic E-state index is -0.939. The Balaban J connectivity index is 2.75. The van der Waals surface area contributed by atoms with E-state index in [1.807, 2.05) is 19.9 Å². The second kappa shape index (κ2) is 12.6. The number of hydrogen-bond acceptors (Lipinski definition) is 9. The SMILES string of the molecule is C=C(NOC)C(=NOC(=O)N(C)SN(C)C(=O)Oc1cccc(C(C)C)c1)C(=O)N(C)C. The molecule has 1 aromatic rings. The molecule has 0 saturated heterocycles. The lowest BCUT2D eigenvalue weighted by Crippen LogP contribution is -2.35. The lowest BCUT2D eigenvalue weighted by Gasteiger charge is -2.21. The highest BCUT2D eigenvalue weighted by Crippen LogP contribution is 2.22. The van der Waals surface area contributed by atoms with Crippen LogP contribution in [0, 0.1) is 0 Å². The van der Waals surface area contributed by atoms with E-state index in [1.165, 1.54) is 40.2 Å². The van der Waals surface area contributed by atoms with Gasteiger partial charge in [0.2, 0.25) is 0 Å². The number of oxime groups is 1. The van der Waals surface area contributed by atoms with Gasteiger partial charge >= 0.3 is 12.2 Å². The Kier molecular flexibility index (Phi) is 10.5. The standard InChI is InChI=1S/C20H29N5O6S/c1-13(2)15-10-9-11-16(12-15)30-19(27)24(6)32-25(7)20(28)31-22-17(14(3)21-29-8)18(26)23(4)5/h9-13,21H,3H2,1-2,4-8H3. The molecular weight excluding hydrogens is 438 g/mol.